The number of thiophene rings is 1. The normalized spacial score (nSPS) is 18.9. The molecule has 0 bridgehead atoms. The topological polar surface area (TPSA) is 68.0 Å². The maximum atomic E-state index is 10.9. The second-order valence-electron chi connectivity index (χ2n) is 4.08. The zero-order valence-electron chi connectivity index (χ0n) is 9.04. The minimum atomic E-state index is -0.746. The summed E-state index contributed by atoms with van der Waals surface area (Å²) in [6, 6.07) is 3.93. The van der Waals surface area contributed by atoms with Crippen LogP contribution in [0.2, 0.25) is 0 Å². The highest BCUT2D eigenvalue weighted by Gasteiger charge is 2.26. The van der Waals surface area contributed by atoms with E-state index in [0.29, 0.717) is 25.2 Å². The molecule has 5 nitrogen and oxygen atoms in total. The molecule has 88 valence electrons. The molecule has 0 saturated carbocycles. The molecule has 0 aromatic carbocycles. The highest BCUT2D eigenvalue weighted by atomic mass is 32.1. The molecule has 0 radical (unpaired) electrons. The number of carbonyl (C=O) groups is 1. The van der Waals surface area contributed by atoms with Crippen LogP contribution in [0.25, 0.3) is 10.7 Å². The fourth-order valence-corrected chi connectivity index (χ4v) is 2.67. The van der Waals surface area contributed by atoms with Crippen LogP contribution >= 0.6 is 11.3 Å². The quantitative estimate of drug-likeness (QED) is 0.878. The molecule has 2 aromatic heterocycles. The van der Waals surface area contributed by atoms with Gasteiger partial charge < -0.3 is 5.11 Å². The number of aryl methyl sites for hydroxylation is 1. The van der Waals surface area contributed by atoms with Gasteiger partial charge in [0.2, 0.25) is 0 Å². The first-order valence-corrected chi connectivity index (χ1v) is 6.32. The second kappa shape index (κ2) is 3.96. The Morgan fingerprint density at radius 3 is 3.18 bits per heavy atom. The molecule has 3 heterocycles. The van der Waals surface area contributed by atoms with Crippen LogP contribution in [0.1, 0.15) is 12.2 Å². The summed E-state index contributed by atoms with van der Waals surface area (Å²) in [4.78, 5) is 16.4. The summed E-state index contributed by atoms with van der Waals surface area (Å²) >= 11 is 1.59. The summed E-state index contributed by atoms with van der Waals surface area (Å²) in [6.07, 6.45) is 1.34. The van der Waals surface area contributed by atoms with E-state index >= 15 is 0 Å². The van der Waals surface area contributed by atoms with Gasteiger partial charge in [-0.15, -0.1) is 16.4 Å². The predicted molar refractivity (Wildman–Crippen MR) is 62.8 cm³/mol. The Kier molecular flexibility index (Phi) is 2.44. The van der Waals surface area contributed by atoms with Crippen LogP contribution in [-0.4, -0.2) is 25.8 Å². The Hall–Kier alpha value is -1.69. The molecule has 0 amide bonds. The number of fused-ring (bicyclic) bond motifs is 1. The highest BCUT2D eigenvalue weighted by Crippen LogP contribution is 2.25. The van der Waals surface area contributed by atoms with Crippen molar-refractivity contribution in [2.24, 2.45) is 5.92 Å². The Labute approximate surface area is 102 Å². The minimum Gasteiger partial charge on any atom is -0.481 e. The molecule has 1 aliphatic rings. The van der Waals surface area contributed by atoms with Crippen LogP contribution in [0.5, 0.6) is 0 Å². The van der Waals surface area contributed by atoms with Gasteiger partial charge in [-0.1, -0.05) is 6.07 Å². The van der Waals surface area contributed by atoms with Crippen molar-refractivity contribution in [3.8, 4) is 10.7 Å². The zero-order valence-corrected chi connectivity index (χ0v) is 9.85. The van der Waals surface area contributed by atoms with Gasteiger partial charge in [0.05, 0.1) is 17.3 Å². The van der Waals surface area contributed by atoms with Gasteiger partial charge >= 0.3 is 5.97 Å². The summed E-state index contributed by atoms with van der Waals surface area (Å²) < 4.78 is 1.73. The maximum absolute atomic E-state index is 10.9. The van der Waals surface area contributed by atoms with Crippen LogP contribution in [-0.2, 0) is 17.8 Å². The van der Waals surface area contributed by atoms with Crippen LogP contribution in [0, 0.1) is 5.92 Å². The molecule has 17 heavy (non-hydrogen) atoms. The Morgan fingerprint density at radius 1 is 1.59 bits per heavy atom. The number of hydrogen-bond acceptors (Lipinski definition) is 4. The summed E-state index contributed by atoms with van der Waals surface area (Å²) in [5.41, 5.74) is 0. The van der Waals surface area contributed by atoms with E-state index in [2.05, 4.69) is 10.1 Å². The molecule has 0 saturated heterocycles. The SMILES string of the molecule is O=C(O)C1CCc2nc(-c3cccs3)nn2C1. The van der Waals surface area contributed by atoms with E-state index < -0.39 is 5.97 Å². The molecule has 1 unspecified atom stereocenters. The molecule has 1 atom stereocenters. The lowest BCUT2D eigenvalue weighted by Crippen LogP contribution is -2.27. The van der Waals surface area contributed by atoms with E-state index in [1.54, 1.807) is 16.0 Å². The van der Waals surface area contributed by atoms with Gasteiger partial charge in [0.15, 0.2) is 5.82 Å². The summed E-state index contributed by atoms with van der Waals surface area (Å²) in [6.45, 7) is 0.434. The van der Waals surface area contributed by atoms with Gasteiger partial charge in [-0.3, -0.25) is 4.79 Å². The van der Waals surface area contributed by atoms with Gasteiger partial charge in [0, 0.05) is 6.42 Å². The molecule has 0 aliphatic carbocycles. The molecule has 3 rings (SSSR count). The number of carboxylic acids is 1. The van der Waals surface area contributed by atoms with Crippen LogP contribution in [0.15, 0.2) is 17.5 Å². The molecule has 2 aromatic rings. The van der Waals surface area contributed by atoms with Crippen molar-refractivity contribution in [1.82, 2.24) is 14.8 Å². The number of aliphatic carboxylic acids is 1. The van der Waals surface area contributed by atoms with Crippen molar-refractivity contribution in [2.75, 3.05) is 0 Å². The molecule has 0 fully saturated rings. The monoisotopic (exact) mass is 249 g/mol. The molecule has 6 heteroatoms. The van der Waals surface area contributed by atoms with E-state index in [1.165, 1.54) is 0 Å². The highest BCUT2D eigenvalue weighted by molar-refractivity contribution is 7.13. The van der Waals surface area contributed by atoms with Crippen molar-refractivity contribution < 1.29 is 9.90 Å². The Bertz CT molecular complexity index is 547. The number of nitrogens with zero attached hydrogens (tertiary/aromatic N) is 3. The van der Waals surface area contributed by atoms with E-state index in [1.807, 2.05) is 17.5 Å². The van der Waals surface area contributed by atoms with Crippen molar-refractivity contribution >= 4 is 17.3 Å². The Balaban J connectivity index is 1.92. The third-order valence-electron chi connectivity index (χ3n) is 2.95. The average molecular weight is 249 g/mol. The molecule has 1 N–H and O–H groups in total. The predicted octanol–water partition coefficient (Wildman–Crippen LogP) is 1.65. The van der Waals surface area contributed by atoms with Crippen LogP contribution in [0.4, 0.5) is 0 Å². The maximum Gasteiger partial charge on any atom is 0.308 e. The third kappa shape index (κ3) is 1.84. The molecular weight excluding hydrogens is 238 g/mol. The Morgan fingerprint density at radius 2 is 2.47 bits per heavy atom. The van der Waals surface area contributed by atoms with Crippen molar-refractivity contribution in [3.05, 3.63) is 23.3 Å². The van der Waals surface area contributed by atoms with Crippen molar-refractivity contribution in [3.63, 3.8) is 0 Å². The van der Waals surface area contributed by atoms with Gasteiger partial charge in [-0.2, -0.15) is 0 Å². The standard InChI is InChI=1S/C11H11N3O2S/c15-11(16)7-3-4-9-12-10(13-14(9)6-7)8-2-1-5-17-8/h1-2,5,7H,3-4,6H2,(H,15,16). The van der Waals surface area contributed by atoms with E-state index in [0.717, 1.165) is 10.7 Å². The van der Waals surface area contributed by atoms with E-state index in [-0.39, 0.29) is 5.92 Å². The van der Waals surface area contributed by atoms with Crippen LogP contribution < -0.4 is 0 Å². The second-order valence-corrected chi connectivity index (χ2v) is 5.03. The summed E-state index contributed by atoms with van der Waals surface area (Å²) in [5.74, 6) is 0.524. The lowest BCUT2D eigenvalue weighted by atomic mass is 10.0. The van der Waals surface area contributed by atoms with Crippen molar-refractivity contribution in [1.29, 1.82) is 0 Å². The first kappa shape index (κ1) is 10.5. The summed E-state index contributed by atoms with van der Waals surface area (Å²) in [7, 11) is 0. The van der Waals surface area contributed by atoms with Gasteiger partial charge in [-0.25, -0.2) is 9.67 Å². The number of rotatable bonds is 2. The average Bonchev–Trinajstić information content (AvgIpc) is 2.96. The lowest BCUT2D eigenvalue weighted by Gasteiger charge is -2.18. The van der Waals surface area contributed by atoms with Gasteiger partial charge in [0.25, 0.3) is 0 Å². The number of aromatic nitrogens is 3. The molecular formula is C11H11N3O2S. The molecule has 1 aliphatic heterocycles. The summed E-state index contributed by atoms with van der Waals surface area (Å²) in [5, 5.41) is 15.4. The van der Waals surface area contributed by atoms with Crippen molar-refractivity contribution in [2.45, 2.75) is 19.4 Å². The first-order chi connectivity index (χ1) is 8.24. The number of carboxylic acid groups (broad SMARTS) is 1. The third-order valence-corrected chi connectivity index (χ3v) is 3.81. The fraction of sp³-hybridized carbons (Fsp3) is 0.364. The first-order valence-electron chi connectivity index (χ1n) is 5.44. The minimum absolute atomic E-state index is 0.333. The van der Waals surface area contributed by atoms with Gasteiger partial charge in [-0.05, 0) is 17.9 Å². The largest absolute Gasteiger partial charge is 0.481 e. The van der Waals surface area contributed by atoms with Gasteiger partial charge in [0.1, 0.15) is 5.82 Å². The smallest absolute Gasteiger partial charge is 0.308 e. The molecule has 0 spiro atoms. The lowest BCUT2D eigenvalue weighted by molar-refractivity contribution is -0.142. The van der Waals surface area contributed by atoms with E-state index in [9.17, 15) is 4.79 Å². The van der Waals surface area contributed by atoms with E-state index in [4.69, 9.17) is 5.11 Å². The van der Waals surface area contributed by atoms with Crippen LogP contribution in [0.3, 0.4) is 0 Å². The zero-order chi connectivity index (χ0) is 11.8. The fourth-order valence-electron chi connectivity index (χ4n) is 2.02. The number of hydrogen-bond donors (Lipinski definition) is 1.